The van der Waals surface area contributed by atoms with Gasteiger partial charge < -0.3 is 15.6 Å². The molecule has 0 saturated heterocycles. The van der Waals surface area contributed by atoms with E-state index in [2.05, 4.69) is 9.97 Å². The summed E-state index contributed by atoms with van der Waals surface area (Å²) in [6, 6.07) is 6.02. The number of aryl methyl sites for hydroxylation is 1. The number of nitrogens with zero attached hydrogens (tertiary/aromatic N) is 2. The third-order valence-electron chi connectivity index (χ3n) is 3.56. The molecule has 0 aliphatic carbocycles. The SMILES string of the molecule is Cc1[nH]c(CN)nc1-c1ccc2c(c1)CC(=O)N2C. The molecule has 1 amide bonds. The Bertz CT molecular complexity index is 659. The van der Waals surface area contributed by atoms with Gasteiger partial charge in [-0.05, 0) is 24.6 Å². The Morgan fingerprint density at radius 1 is 1.47 bits per heavy atom. The maximum atomic E-state index is 11.7. The van der Waals surface area contributed by atoms with Crippen molar-refractivity contribution in [3.63, 3.8) is 0 Å². The Labute approximate surface area is 111 Å². The van der Waals surface area contributed by atoms with Crippen LogP contribution < -0.4 is 10.6 Å². The fraction of sp³-hybridized carbons (Fsp3) is 0.286. The van der Waals surface area contributed by atoms with Gasteiger partial charge >= 0.3 is 0 Å². The van der Waals surface area contributed by atoms with Gasteiger partial charge in [-0.1, -0.05) is 6.07 Å². The molecule has 0 spiro atoms. The van der Waals surface area contributed by atoms with Crippen LogP contribution in [0.1, 0.15) is 17.1 Å². The predicted molar refractivity (Wildman–Crippen MR) is 73.8 cm³/mol. The van der Waals surface area contributed by atoms with Crippen LogP contribution in [0.15, 0.2) is 18.2 Å². The van der Waals surface area contributed by atoms with E-state index >= 15 is 0 Å². The van der Waals surface area contributed by atoms with Crippen LogP contribution in [0.3, 0.4) is 0 Å². The van der Waals surface area contributed by atoms with Gasteiger partial charge in [0.15, 0.2) is 0 Å². The van der Waals surface area contributed by atoms with E-state index in [-0.39, 0.29) is 5.91 Å². The molecule has 0 bridgehead atoms. The largest absolute Gasteiger partial charge is 0.344 e. The number of H-pyrrole nitrogens is 1. The van der Waals surface area contributed by atoms with E-state index < -0.39 is 0 Å². The Morgan fingerprint density at radius 2 is 2.26 bits per heavy atom. The van der Waals surface area contributed by atoms with Crippen molar-refractivity contribution in [3.8, 4) is 11.3 Å². The van der Waals surface area contributed by atoms with Crippen LogP contribution >= 0.6 is 0 Å². The molecule has 2 heterocycles. The van der Waals surface area contributed by atoms with E-state index in [0.29, 0.717) is 13.0 Å². The highest BCUT2D eigenvalue weighted by molar-refractivity contribution is 6.01. The van der Waals surface area contributed by atoms with Crippen molar-refractivity contribution in [1.82, 2.24) is 9.97 Å². The highest BCUT2D eigenvalue weighted by Crippen LogP contribution is 2.32. The number of anilines is 1. The average Bonchev–Trinajstić information content (AvgIpc) is 2.91. The summed E-state index contributed by atoms with van der Waals surface area (Å²) < 4.78 is 0. The van der Waals surface area contributed by atoms with Gasteiger partial charge in [0, 0.05) is 24.0 Å². The first-order chi connectivity index (χ1) is 9.10. The normalized spacial score (nSPS) is 14.1. The molecular formula is C14H16N4O. The lowest BCUT2D eigenvalue weighted by molar-refractivity contribution is -0.117. The predicted octanol–water partition coefficient (Wildman–Crippen LogP) is 1.36. The summed E-state index contributed by atoms with van der Waals surface area (Å²) in [5.41, 5.74) is 10.6. The van der Waals surface area contributed by atoms with Crippen LogP contribution in [-0.2, 0) is 17.8 Å². The number of rotatable bonds is 2. The number of aromatic nitrogens is 2. The highest BCUT2D eigenvalue weighted by atomic mass is 16.2. The number of imidazole rings is 1. The van der Waals surface area contributed by atoms with Gasteiger partial charge in [-0.15, -0.1) is 0 Å². The van der Waals surface area contributed by atoms with Crippen molar-refractivity contribution >= 4 is 11.6 Å². The van der Waals surface area contributed by atoms with Crippen LogP contribution in [0.4, 0.5) is 5.69 Å². The molecule has 19 heavy (non-hydrogen) atoms. The lowest BCUT2D eigenvalue weighted by atomic mass is 10.1. The summed E-state index contributed by atoms with van der Waals surface area (Å²) in [6.07, 6.45) is 0.465. The number of amides is 1. The molecule has 3 rings (SSSR count). The summed E-state index contributed by atoms with van der Waals surface area (Å²) in [7, 11) is 1.81. The zero-order valence-electron chi connectivity index (χ0n) is 11.0. The van der Waals surface area contributed by atoms with Gasteiger partial charge in [-0.25, -0.2) is 4.98 Å². The van der Waals surface area contributed by atoms with Crippen LogP contribution in [-0.4, -0.2) is 22.9 Å². The van der Waals surface area contributed by atoms with Crippen molar-refractivity contribution in [3.05, 3.63) is 35.3 Å². The summed E-state index contributed by atoms with van der Waals surface area (Å²) >= 11 is 0. The van der Waals surface area contributed by atoms with Crippen molar-refractivity contribution in [1.29, 1.82) is 0 Å². The number of hydrogen-bond acceptors (Lipinski definition) is 3. The molecule has 3 N–H and O–H groups in total. The van der Waals surface area contributed by atoms with Gasteiger partial charge in [0.2, 0.25) is 5.91 Å². The third-order valence-corrected chi connectivity index (χ3v) is 3.56. The van der Waals surface area contributed by atoms with Gasteiger partial charge in [0.25, 0.3) is 0 Å². The molecule has 0 radical (unpaired) electrons. The second-order valence-corrected chi connectivity index (χ2v) is 4.83. The Kier molecular flexibility index (Phi) is 2.64. The monoisotopic (exact) mass is 256 g/mol. The van der Waals surface area contributed by atoms with E-state index in [0.717, 1.165) is 34.0 Å². The molecule has 5 heteroatoms. The Morgan fingerprint density at radius 3 is 2.95 bits per heavy atom. The van der Waals surface area contributed by atoms with Crippen LogP contribution in [0.25, 0.3) is 11.3 Å². The fourth-order valence-corrected chi connectivity index (χ4v) is 2.52. The molecule has 1 aliphatic rings. The van der Waals surface area contributed by atoms with Gasteiger partial charge in [0.05, 0.1) is 18.7 Å². The maximum Gasteiger partial charge on any atom is 0.231 e. The smallest absolute Gasteiger partial charge is 0.231 e. The molecule has 2 aromatic rings. The van der Waals surface area contributed by atoms with Crippen LogP contribution in [0.2, 0.25) is 0 Å². The first-order valence-corrected chi connectivity index (χ1v) is 6.25. The molecule has 1 aromatic heterocycles. The number of fused-ring (bicyclic) bond motifs is 1. The molecule has 1 aromatic carbocycles. The molecule has 0 saturated carbocycles. The van der Waals surface area contributed by atoms with E-state index in [1.807, 2.05) is 25.1 Å². The van der Waals surface area contributed by atoms with Gasteiger partial charge in [0.1, 0.15) is 5.82 Å². The number of carbonyl (C=O) groups is 1. The molecule has 1 aliphatic heterocycles. The zero-order valence-corrected chi connectivity index (χ0v) is 11.0. The van der Waals surface area contributed by atoms with Crippen molar-refractivity contribution in [2.45, 2.75) is 19.9 Å². The number of benzene rings is 1. The first kappa shape index (κ1) is 11.9. The van der Waals surface area contributed by atoms with Crippen LogP contribution in [0, 0.1) is 6.92 Å². The quantitative estimate of drug-likeness (QED) is 0.852. The van der Waals surface area contributed by atoms with Crippen molar-refractivity contribution < 1.29 is 4.79 Å². The molecule has 5 nitrogen and oxygen atoms in total. The molecular weight excluding hydrogens is 240 g/mol. The summed E-state index contributed by atoms with van der Waals surface area (Å²) in [5, 5.41) is 0. The average molecular weight is 256 g/mol. The lowest BCUT2D eigenvalue weighted by Gasteiger charge is -2.10. The zero-order chi connectivity index (χ0) is 13.6. The van der Waals surface area contributed by atoms with E-state index in [4.69, 9.17) is 5.73 Å². The second kappa shape index (κ2) is 4.20. The summed E-state index contributed by atoms with van der Waals surface area (Å²) in [6.45, 7) is 2.37. The summed E-state index contributed by atoms with van der Waals surface area (Å²) in [5.74, 6) is 0.912. The van der Waals surface area contributed by atoms with Gasteiger partial charge in [-0.2, -0.15) is 0 Å². The number of nitrogens with two attached hydrogens (primary N) is 1. The minimum atomic E-state index is 0.133. The third kappa shape index (κ3) is 1.82. The number of likely N-dealkylation sites (N-methyl/N-ethyl adjacent to an activating group) is 1. The van der Waals surface area contributed by atoms with E-state index in [1.54, 1.807) is 11.9 Å². The first-order valence-electron chi connectivity index (χ1n) is 6.25. The number of nitrogens with one attached hydrogen (secondary N) is 1. The molecule has 0 unspecified atom stereocenters. The van der Waals surface area contributed by atoms with Crippen molar-refractivity contribution in [2.75, 3.05) is 11.9 Å². The Hall–Kier alpha value is -2.14. The summed E-state index contributed by atoms with van der Waals surface area (Å²) in [4.78, 5) is 21.0. The van der Waals surface area contributed by atoms with Crippen LogP contribution in [0.5, 0.6) is 0 Å². The lowest BCUT2D eigenvalue weighted by Crippen LogP contribution is -2.20. The van der Waals surface area contributed by atoms with E-state index in [1.165, 1.54) is 0 Å². The number of aromatic amines is 1. The van der Waals surface area contributed by atoms with Gasteiger partial charge in [-0.3, -0.25) is 4.79 Å². The highest BCUT2D eigenvalue weighted by Gasteiger charge is 2.24. The van der Waals surface area contributed by atoms with Crippen molar-refractivity contribution in [2.24, 2.45) is 5.73 Å². The number of hydrogen-bond donors (Lipinski definition) is 2. The number of carbonyl (C=O) groups excluding carboxylic acids is 1. The van der Waals surface area contributed by atoms with E-state index in [9.17, 15) is 4.79 Å². The standard InChI is InChI=1S/C14H16N4O/c1-8-14(17-12(7-15)16-8)9-3-4-11-10(5-9)6-13(19)18(11)2/h3-5H,6-7,15H2,1-2H3,(H,16,17). The Balaban J connectivity index is 2.06. The maximum absolute atomic E-state index is 11.7. The molecule has 0 fully saturated rings. The topological polar surface area (TPSA) is 75.0 Å². The minimum absolute atomic E-state index is 0.133. The second-order valence-electron chi connectivity index (χ2n) is 4.83. The minimum Gasteiger partial charge on any atom is -0.344 e. The fourth-order valence-electron chi connectivity index (χ4n) is 2.52. The molecule has 98 valence electrons. The molecule has 0 atom stereocenters.